The zero-order valence-corrected chi connectivity index (χ0v) is 7.20. The third kappa shape index (κ3) is 2.05. The van der Waals surface area contributed by atoms with Gasteiger partial charge in [-0.25, -0.2) is 0 Å². The van der Waals surface area contributed by atoms with Crippen LogP contribution in [0.5, 0.6) is 0 Å². The Bertz CT molecular complexity index is 340. The number of carbonyl (C=O) groups excluding carboxylic acids is 2. The highest BCUT2D eigenvalue weighted by Gasteiger charge is 2.06. The van der Waals surface area contributed by atoms with Crippen LogP contribution in [0.15, 0.2) is 18.2 Å². The van der Waals surface area contributed by atoms with Crippen LogP contribution in [-0.4, -0.2) is 11.8 Å². The van der Waals surface area contributed by atoms with E-state index < -0.39 is 11.8 Å². The molecule has 1 aromatic carbocycles. The number of amides is 2. The molecule has 4 heteroatoms. The fourth-order valence-electron chi connectivity index (χ4n) is 1.07. The van der Waals surface area contributed by atoms with Crippen molar-refractivity contribution in [2.45, 2.75) is 6.92 Å². The zero-order valence-electron chi connectivity index (χ0n) is 7.20. The van der Waals surface area contributed by atoms with E-state index in [1.54, 1.807) is 19.1 Å². The highest BCUT2D eigenvalue weighted by molar-refractivity contribution is 5.98. The first-order chi connectivity index (χ1) is 6.00. The van der Waals surface area contributed by atoms with Gasteiger partial charge in [-0.1, -0.05) is 0 Å². The number of aryl methyl sites for hydroxylation is 1. The summed E-state index contributed by atoms with van der Waals surface area (Å²) < 4.78 is 0. The van der Waals surface area contributed by atoms with Gasteiger partial charge in [-0.15, -0.1) is 0 Å². The minimum absolute atomic E-state index is 0.300. The third-order valence-corrected chi connectivity index (χ3v) is 1.65. The van der Waals surface area contributed by atoms with Crippen LogP contribution in [0.25, 0.3) is 0 Å². The van der Waals surface area contributed by atoms with E-state index in [4.69, 9.17) is 11.5 Å². The van der Waals surface area contributed by atoms with Crippen molar-refractivity contribution in [1.29, 1.82) is 0 Å². The molecule has 0 spiro atoms. The van der Waals surface area contributed by atoms with Crippen molar-refractivity contribution in [3.63, 3.8) is 0 Å². The van der Waals surface area contributed by atoms with Gasteiger partial charge in [-0.2, -0.15) is 0 Å². The lowest BCUT2D eigenvalue weighted by atomic mass is 10.1. The molecule has 4 N–H and O–H groups in total. The van der Waals surface area contributed by atoms with E-state index in [0.29, 0.717) is 11.1 Å². The molecule has 1 rings (SSSR count). The van der Waals surface area contributed by atoms with Crippen molar-refractivity contribution < 1.29 is 9.59 Å². The third-order valence-electron chi connectivity index (χ3n) is 1.65. The Hall–Kier alpha value is -1.84. The van der Waals surface area contributed by atoms with Gasteiger partial charge in [0.15, 0.2) is 0 Å². The van der Waals surface area contributed by atoms with E-state index in [2.05, 4.69) is 0 Å². The van der Waals surface area contributed by atoms with Crippen molar-refractivity contribution >= 4 is 11.8 Å². The minimum Gasteiger partial charge on any atom is -0.366 e. The number of hydrogen-bond acceptors (Lipinski definition) is 2. The van der Waals surface area contributed by atoms with E-state index >= 15 is 0 Å². The molecule has 0 aliphatic rings. The summed E-state index contributed by atoms with van der Waals surface area (Å²) in [6.45, 7) is 1.76. The summed E-state index contributed by atoms with van der Waals surface area (Å²) >= 11 is 0. The summed E-state index contributed by atoms with van der Waals surface area (Å²) in [6.07, 6.45) is 0. The first-order valence-corrected chi connectivity index (χ1v) is 3.72. The highest BCUT2D eigenvalue weighted by Crippen LogP contribution is 2.08. The molecule has 0 saturated carbocycles. The molecular weight excluding hydrogens is 168 g/mol. The molecular formula is C9H10N2O2. The summed E-state index contributed by atoms with van der Waals surface area (Å²) in [6, 6.07) is 4.60. The van der Waals surface area contributed by atoms with E-state index in [1.807, 2.05) is 0 Å². The van der Waals surface area contributed by atoms with Gasteiger partial charge in [0.05, 0.1) is 0 Å². The summed E-state index contributed by atoms with van der Waals surface area (Å²) in [4.78, 5) is 21.6. The Morgan fingerprint density at radius 1 is 1.00 bits per heavy atom. The van der Waals surface area contributed by atoms with Gasteiger partial charge in [0, 0.05) is 11.1 Å². The maximum absolute atomic E-state index is 10.8. The van der Waals surface area contributed by atoms with Crippen LogP contribution < -0.4 is 11.5 Å². The average molecular weight is 178 g/mol. The second-order valence-corrected chi connectivity index (χ2v) is 2.82. The Balaban J connectivity index is 3.26. The molecule has 4 nitrogen and oxygen atoms in total. The normalized spacial score (nSPS) is 9.62. The molecule has 0 aliphatic heterocycles. The summed E-state index contributed by atoms with van der Waals surface area (Å²) in [5, 5.41) is 0. The van der Waals surface area contributed by atoms with Gasteiger partial charge in [0.25, 0.3) is 0 Å². The lowest BCUT2D eigenvalue weighted by Gasteiger charge is -2.01. The Morgan fingerprint density at radius 3 is 1.69 bits per heavy atom. The molecule has 0 radical (unpaired) electrons. The molecule has 0 aromatic heterocycles. The highest BCUT2D eigenvalue weighted by atomic mass is 16.1. The zero-order chi connectivity index (χ0) is 10.0. The summed E-state index contributed by atoms with van der Waals surface area (Å²) in [7, 11) is 0. The molecule has 68 valence electrons. The summed E-state index contributed by atoms with van der Waals surface area (Å²) in [5.41, 5.74) is 11.5. The standard InChI is InChI=1S/C9H10N2O2/c1-5-2-6(8(10)12)4-7(3-5)9(11)13/h2-4H,1H3,(H2,10,12)(H2,11,13). The quantitative estimate of drug-likeness (QED) is 0.677. The molecule has 2 amide bonds. The van der Waals surface area contributed by atoms with E-state index in [0.717, 1.165) is 5.56 Å². The largest absolute Gasteiger partial charge is 0.366 e. The molecule has 13 heavy (non-hydrogen) atoms. The van der Waals surface area contributed by atoms with E-state index in [9.17, 15) is 9.59 Å². The molecule has 1 aromatic rings. The maximum atomic E-state index is 10.8. The van der Waals surface area contributed by atoms with Crippen molar-refractivity contribution in [2.75, 3.05) is 0 Å². The van der Waals surface area contributed by atoms with Gasteiger partial charge in [0.1, 0.15) is 0 Å². The van der Waals surface area contributed by atoms with Gasteiger partial charge in [-0.05, 0) is 30.7 Å². The van der Waals surface area contributed by atoms with Crippen LogP contribution in [0, 0.1) is 6.92 Å². The van der Waals surface area contributed by atoms with Crippen molar-refractivity contribution in [3.8, 4) is 0 Å². The average Bonchev–Trinajstić information content (AvgIpc) is 2.03. The smallest absolute Gasteiger partial charge is 0.248 e. The SMILES string of the molecule is Cc1cc(C(N)=O)cc(C(N)=O)c1. The molecule has 0 atom stereocenters. The van der Waals surface area contributed by atoms with Crippen LogP contribution in [-0.2, 0) is 0 Å². The van der Waals surface area contributed by atoms with Gasteiger partial charge >= 0.3 is 0 Å². The predicted octanol–water partition coefficient (Wildman–Crippen LogP) is 0.193. The number of rotatable bonds is 2. The van der Waals surface area contributed by atoms with Crippen molar-refractivity contribution in [1.82, 2.24) is 0 Å². The van der Waals surface area contributed by atoms with Crippen molar-refractivity contribution in [2.24, 2.45) is 11.5 Å². The van der Waals surface area contributed by atoms with Gasteiger partial charge < -0.3 is 11.5 Å². The second kappa shape index (κ2) is 3.26. The molecule has 0 unspecified atom stereocenters. The van der Waals surface area contributed by atoms with E-state index in [-0.39, 0.29) is 0 Å². The lowest BCUT2D eigenvalue weighted by Crippen LogP contribution is -2.15. The fraction of sp³-hybridized carbons (Fsp3) is 0.111. The molecule has 0 aliphatic carbocycles. The number of benzene rings is 1. The Morgan fingerprint density at radius 2 is 1.38 bits per heavy atom. The topological polar surface area (TPSA) is 86.2 Å². The second-order valence-electron chi connectivity index (χ2n) is 2.82. The van der Waals surface area contributed by atoms with Crippen LogP contribution in [0.1, 0.15) is 26.3 Å². The van der Waals surface area contributed by atoms with E-state index in [1.165, 1.54) is 6.07 Å². The maximum Gasteiger partial charge on any atom is 0.248 e. The van der Waals surface area contributed by atoms with Crippen LogP contribution >= 0.6 is 0 Å². The number of nitrogens with two attached hydrogens (primary N) is 2. The fourth-order valence-corrected chi connectivity index (χ4v) is 1.07. The Labute approximate surface area is 75.5 Å². The monoisotopic (exact) mass is 178 g/mol. The number of carbonyl (C=O) groups is 2. The number of primary amides is 2. The molecule has 0 bridgehead atoms. The first kappa shape index (κ1) is 9.25. The lowest BCUT2D eigenvalue weighted by molar-refractivity contribution is 0.0999. The van der Waals surface area contributed by atoms with Crippen LogP contribution in [0.4, 0.5) is 0 Å². The molecule has 0 fully saturated rings. The molecule has 0 saturated heterocycles. The minimum atomic E-state index is -0.564. The number of hydrogen-bond donors (Lipinski definition) is 2. The summed E-state index contributed by atoms with van der Waals surface area (Å²) in [5.74, 6) is -1.13. The van der Waals surface area contributed by atoms with Crippen molar-refractivity contribution in [3.05, 3.63) is 34.9 Å². The van der Waals surface area contributed by atoms with Crippen LogP contribution in [0.2, 0.25) is 0 Å². The van der Waals surface area contributed by atoms with Gasteiger partial charge in [-0.3, -0.25) is 9.59 Å². The Kier molecular flexibility index (Phi) is 2.32. The molecule has 0 heterocycles. The van der Waals surface area contributed by atoms with Crippen LogP contribution in [0.3, 0.4) is 0 Å². The van der Waals surface area contributed by atoms with Gasteiger partial charge in [0.2, 0.25) is 11.8 Å². The first-order valence-electron chi connectivity index (χ1n) is 3.72. The predicted molar refractivity (Wildman–Crippen MR) is 48.2 cm³/mol.